The second-order valence-electron chi connectivity index (χ2n) is 3.05. The number of carbonyl (C=O) groups excluding carboxylic acids is 1. The lowest BCUT2D eigenvalue weighted by molar-refractivity contribution is 0.111. The Morgan fingerprint density at radius 2 is 1.80 bits per heavy atom. The van der Waals surface area contributed by atoms with Gasteiger partial charge in [0.05, 0.1) is 10.7 Å². The molecule has 0 saturated heterocycles. The van der Waals surface area contributed by atoms with Crippen molar-refractivity contribution >= 4 is 17.9 Å². The first-order chi connectivity index (χ1) is 7.31. The van der Waals surface area contributed by atoms with Crippen LogP contribution in [0.1, 0.15) is 10.5 Å². The summed E-state index contributed by atoms with van der Waals surface area (Å²) in [4.78, 5) is 14.8. The highest BCUT2D eigenvalue weighted by molar-refractivity contribution is 6.32. The smallest absolute Gasteiger partial charge is 0.169 e. The molecule has 0 saturated carbocycles. The van der Waals surface area contributed by atoms with Crippen LogP contribution in [0.4, 0.5) is 0 Å². The normalized spacial score (nSPS) is 9.93. The first-order valence-electron chi connectivity index (χ1n) is 4.48. The maximum atomic E-state index is 10.7. The van der Waals surface area contributed by atoms with Crippen LogP contribution in [-0.4, -0.2) is 11.3 Å². The van der Waals surface area contributed by atoms with Gasteiger partial charge < -0.3 is 0 Å². The van der Waals surface area contributed by atoms with Crippen molar-refractivity contribution < 1.29 is 4.79 Å². The van der Waals surface area contributed by atoms with Crippen molar-refractivity contribution in [3.63, 3.8) is 0 Å². The third-order valence-electron chi connectivity index (χ3n) is 2.05. The Labute approximate surface area is 92.5 Å². The van der Waals surface area contributed by atoms with Crippen molar-refractivity contribution in [3.8, 4) is 11.3 Å². The molecule has 1 aromatic heterocycles. The number of pyridine rings is 1. The van der Waals surface area contributed by atoms with Gasteiger partial charge in [0.25, 0.3) is 0 Å². The summed E-state index contributed by atoms with van der Waals surface area (Å²) >= 11 is 5.79. The number of carbonyl (C=O) groups is 1. The first-order valence-corrected chi connectivity index (χ1v) is 4.86. The Morgan fingerprint density at radius 1 is 1.07 bits per heavy atom. The van der Waals surface area contributed by atoms with Crippen molar-refractivity contribution in [1.29, 1.82) is 0 Å². The molecule has 0 aliphatic carbocycles. The summed E-state index contributed by atoms with van der Waals surface area (Å²) in [7, 11) is 0. The molecule has 0 radical (unpaired) electrons. The Kier molecular flexibility index (Phi) is 2.79. The number of nitrogens with zero attached hydrogens (tertiary/aromatic N) is 1. The van der Waals surface area contributed by atoms with Crippen LogP contribution in [0.15, 0.2) is 42.5 Å². The average molecular weight is 218 g/mol. The topological polar surface area (TPSA) is 30.0 Å². The minimum absolute atomic E-state index is 0.276. The number of halogens is 1. The van der Waals surface area contributed by atoms with Crippen molar-refractivity contribution in [3.05, 3.63) is 53.2 Å². The Bertz CT molecular complexity index is 482. The van der Waals surface area contributed by atoms with E-state index in [0.717, 1.165) is 11.3 Å². The monoisotopic (exact) mass is 217 g/mol. The summed E-state index contributed by atoms with van der Waals surface area (Å²) in [5, 5.41) is 0.379. The summed E-state index contributed by atoms with van der Waals surface area (Å²) in [6.07, 6.45) is 0.661. The molecule has 0 bridgehead atoms. The number of aldehydes is 1. The molecule has 0 N–H and O–H groups in total. The fraction of sp³-hybridized carbons (Fsp3) is 0. The molecule has 0 spiro atoms. The van der Waals surface area contributed by atoms with Gasteiger partial charge in [-0.3, -0.25) is 4.79 Å². The molecule has 74 valence electrons. The van der Waals surface area contributed by atoms with Crippen molar-refractivity contribution in [2.45, 2.75) is 0 Å². The van der Waals surface area contributed by atoms with Gasteiger partial charge in [-0.1, -0.05) is 41.9 Å². The quantitative estimate of drug-likeness (QED) is 0.723. The SMILES string of the molecule is O=Cc1nc(-c2ccccc2)ccc1Cl. The van der Waals surface area contributed by atoms with E-state index in [9.17, 15) is 4.79 Å². The first kappa shape index (κ1) is 9.87. The van der Waals surface area contributed by atoms with Crippen LogP contribution in [0.3, 0.4) is 0 Å². The molecule has 2 aromatic rings. The lowest BCUT2D eigenvalue weighted by Gasteiger charge is -2.02. The Balaban J connectivity index is 2.51. The maximum Gasteiger partial charge on any atom is 0.169 e. The number of hydrogen-bond donors (Lipinski definition) is 0. The largest absolute Gasteiger partial charge is 0.296 e. The zero-order valence-electron chi connectivity index (χ0n) is 7.85. The molecule has 0 atom stereocenters. The summed E-state index contributed by atoms with van der Waals surface area (Å²) in [6, 6.07) is 13.1. The van der Waals surface area contributed by atoms with Crippen LogP contribution in [0.25, 0.3) is 11.3 Å². The van der Waals surface area contributed by atoms with E-state index < -0.39 is 0 Å². The number of hydrogen-bond acceptors (Lipinski definition) is 2. The number of aromatic nitrogens is 1. The molecule has 15 heavy (non-hydrogen) atoms. The van der Waals surface area contributed by atoms with Crippen LogP contribution in [-0.2, 0) is 0 Å². The molecule has 0 aliphatic heterocycles. The van der Waals surface area contributed by atoms with Gasteiger partial charge in [-0.05, 0) is 12.1 Å². The van der Waals surface area contributed by atoms with Gasteiger partial charge in [0.1, 0.15) is 5.69 Å². The van der Waals surface area contributed by atoms with Crippen molar-refractivity contribution in [2.24, 2.45) is 0 Å². The third kappa shape index (κ3) is 2.05. The zero-order chi connectivity index (χ0) is 10.7. The number of benzene rings is 1. The summed E-state index contributed by atoms with van der Waals surface area (Å²) < 4.78 is 0. The lowest BCUT2D eigenvalue weighted by atomic mass is 10.1. The Morgan fingerprint density at radius 3 is 2.47 bits per heavy atom. The molecular formula is C12H8ClNO. The molecule has 1 aromatic carbocycles. The van der Waals surface area contributed by atoms with Crippen LogP contribution in [0, 0.1) is 0 Å². The molecule has 0 unspecified atom stereocenters. The third-order valence-corrected chi connectivity index (χ3v) is 2.37. The highest BCUT2D eigenvalue weighted by atomic mass is 35.5. The predicted octanol–water partition coefficient (Wildman–Crippen LogP) is 3.21. The average Bonchev–Trinajstić information content (AvgIpc) is 2.31. The van der Waals surface area contributed by atoms with Gasteiger partial charge in [-0.15, -0.1) is 0 Å². The summed E-state index contributed by atoms with van der Waals surface area (Å²) in [5.41, 5.74) is 2.00. The van der Waals surface area contributed by atoms with E-state index in [1.165, 1.54) is 0 Å². The molecule has 2 rings (SSSR count). The molecule has 0 amide bonds. The summed E-state index contributed by atoms with van der Waals surface area (Å²) in [5.74, 6) is 0. The zero-order valence-corrected chi connectivity index (χ0v) is 8.61. The van der Waals surface area contributed by atoms with Gasteiger partial charge in [0, 0.05) is 5.56 Å². The van der Waals surface area contributed by atoms with Gasteiger partial charge in [-0.25, -0.2) is 4.98 Å². The minimum atomic E-state index is 0.276. The molecule has 0 fully saturated rings. The van der Waals surface area contributed by atoms with E-state index in [0.29, 0.717) is 11.3 Å². The molecular weight excluding hydrogens is 210 g/mol. The second-order valence-corrected chi connectivity index (χ2v) is 3.45. The predicted molar refractivity (Wildman–Crippen MR) is 60.1 cm³/mol. The van der Waals surface area contributed by atoms with Gasteiger partial charge in [0.15, 0.2) is 6.29 Å². The van der Waals surface area contributed by atoms with Crippen LogP contribution in [0.2, 0.25) is 5.02 Å². The fourth-order valence-electron chi connectivity index (χ4n) is 1.31. The molecule has 1 heterocycles. The highest BCUT2D eigenvalue weighted by Crippen LogP contribution is 2.20. The molecule has 3 heteroatoms. The summed E-state index contributed by atoms with van der Waals surface area (Å²) in [6.45, 7) is 0. The van der Waals surface area contributed by atoms with Crippen molar-refractivity contribution in [1.82, 2.24) is 4.98 Å². The highest BCUT2D eigenvalue weighted by Gasteiger charge is 2.03. The van der Waals surface area contributed by atoms with Crippen molar-refractivity contribution in [2.75, 3.05) is 0 Å². The van der Waals surface area contributed by atoms with E-state index >= 15 is 0 Å². The van der Waals surface area contributed by atoms with E-state index in [4.69, 9.17) is 11.6 Å². The van der Waals surface area contributed by atoms with E-state index in [1.54, 1.807) is 12.1 Å². The van der Waals surface area contributed by atoms with Crippen LogP contribution >= 0.6 is 11.6 Å². The van der Waals surface area contributed by atoms with Gasteiger partial charge >= 0.3 is 0 Å². The van der Waals surface area contributed by atoms with Crippen LogP contribution in [0.5, 0.6) is 0 Å². The maximum absolute atomic E-state index is 10.7. The standard InChI is InChI=1S/C12H8ClNO/c13-10-6-7-11(14-12(10)8-15)9-4-2-1-3-5-9/h1-8H. The molecule has 0 aliphatic rings. The van der Waals surface area contributed by atoms with E-state index in [1.807, 2.05) is 30.3 Å². The van der Waals surface area contributed by atoms with Gasteiger partial charge in [0.2, 0.25) is 0 Å². The molecule has 2 nitrogen and oxygen atoms in total. The van der Waals surface area contributed by atoms with E-state index in [2.05, 4.69) is 4.98 Å². The fourth-order valence-corrected chi connectivity index (χ4v) is 1.46. The van der Waals surface area contributed by atoms with Gasteiger partial charge in [-0.2, -0.15) is 0 Å². The Hall–Kier alpha value is -1.67. The second kappa shape index (κ2) is 4.24. The number of rotatable bonds is 2. The van der Waals surface area contributed by atoms with E-state index in [-0.39, 0.29) is 5.69 Å². The minimum Gasteiger partial charge on any atom is -0.296 e. The van der Waals surface area contributed by atoms with Crippen LogP contribution < -0.4 is 0 Å². The lowest BCUT2D eigenvalue weighted by Crippen LogP contribution is -1.91.